The molecular formula is C10H18N4O. The van der Waals surface area contributed by atoms with Gasteiger partial charge in [-0.1, -0.05) is 12.0 Å². The van der Waals surface area contributed by atoms with Crippen LogP contribution in [0.4, 0.5) is 6.01 Å². The fraction of sp³-hybridized carbons (Fsp3) is 0.800. The minimum atomic E-state index is 0.212. The largest absolute Gasteiger partial charge is 0.407 e. The number of rotatable bonds is 5. The van der Waals surface area contributed by atoms with Crippen LogP contribution < -0.4 is 10.6 Å². The Bertz CT molecular complexity index is 313. The number of nitrogens with zero attached hydrogens (tertiary/aromatic N) is 2. The highest BCUT2D eigenvalue weighted by atomic mass is 16.4. The molecule has 0 unspecified atom stereocenters. The Morgan fingerprint density at radius 2 is 2.20 bits per heavy atom. The summed E-state index contributed by atoms with van der Waals surface area (Å²) in [6.45, 7) is 2.81. The van der Waals surface area contributed by atoms with E-state index in [9.17, 15) is 0 Å². The summed E-state index contributed by atoms with van der Waals surface area (Å²) in [5, 5.41) is 14.3. The molecule has 0 aromatic carbocycles. The first-order valence-corrected chi connectivity index (χ1v) is 5.53. The Morgan fingerprint density at radius 3 is 2.73 bits per heavy atom. The molecule has 0 amide bonds. The zero-order chi connectivity index (χ0) is 10.7. The average molecular weight is 210 g/mol. The zero-order valence-electron chi connectivity index (χ0n) is 9.34. The Kier molecular flexibility index (Phi) is 2.90. The molecule has 0 atom stereocenters. The number of nitrogens with one attached hydrogen (secondary N) is 2. The van der Waals surface area contributed by atoms with Crippen LogP contribution in [0, 0.1) is 0 Å². The van der Waals surface area contributed by atoms with Gasteiger partial charge in [0, 0.05) is 5.54 Å². The summed E-state index contributed by atoms with van der Waals surface area (Å²) in [6, 6.07) is 0.557. The normalized spacial score (nSPS) is 18.5. The number of hydrogen-bond acceptors (Lipinski definition) is 5. The van der Waals surface area contributed by atoms with Crippen molar-refractivity contribution >= 4 is 6.01 Å². The molecule has 5 nitrogen and oxygen atoms in total. The minimum Gasteiger partial charge on any atom is -0.407 e. The molecule has 1 aliphatic rings. The number of aromatic nitrogens is 2. The van der Waals surface area contributed by atoms with Gasteiger partial charge in [-0.3, -0.25) is 0 Å². The van der Waals surface area contributed by atoms with Crippen LogP contribution in [0.1, 0.15) is 38.5 Å². The van der Waals surface area contributed by atoms with Gasteiger partial charge in [0.25, 0.3) is 0 Å². The maximum atomic E-state index is 5.46. The van der Waals surface area contributed by atoms with Gasteiger partial charge in [0.15, 0.2) is 0 Å². The minimum absolute atomic E-state index is 0.212. The SMILES string of the molecule is CCC1(Nc2nnc(CNC)o2)CCC1. The van der Waals surface area contributed by atoms with Crippen molar-refractivity contribution in [2.45, 2.75) is 44.7 Å². The van der Waals surface area contributed by atoms with Crippen LogP contribution in [-0.4, -0.2) is 22.8 Å². The molecule has 15 heavy (non-hydrogen) atoms. The van der Waals surface area contributed by atoms with Gasteiger partial charge in [-0.05, 0) is 32.7 Å². The van der Waals surface area contributed by atoms with E-state index in [1.165, 1.54) is 19.3 Å². The third kappa shape index (κ3) is 2.12. The van der Waals surface area contributed by atoms with Crippen molar-refractivity contribution in [1.82, 2.24) is 15.5 Å². The highest BCUT2D eigenvalue weighted by Crippen LogP contribution is 2.37. The summed E-state index contributed by atoms with van der Waals surface area (Å²) in [4.78, 5) is 0. The van der Waals surface area contributed by atoms with Gasteiger partial charge in [-0.15, -0.1) is 5.10 Å². The van der Waals surface area contributed by atoms with Crippen LogP contribution in [0.2, 0.25) is 0 Å². The second-order valence-corrected chi connectivity index (χ2v) is 4.14. The Balaban J connectivity index is 1.97. The molecule has 1 aromatic heterocycles. The van der Waals surface area contributed by atoms with Crippen molar-refractivity contribution in [3.8, 4) is 0 Å². The fourth-order valence-corrected chi connectivity index (χ4v) is 1.92. The zero-order valence-corrected chi connectivity index (χ0v) is 9.34. The molecule has 0 saturated heterocycles. The third-order valence-corrected chi connectivity index (χ3v) is 3.15. The van der Waals surface area contributed by atoms with Gasteiger partial charge in [0.05, 0.1) is 6.54 Å². The predicted molar refractivity (Wildman–Crippen MR) is 57.6 cm³/mol. The van der Waals surface area contributed by atoms with E-state index in [1.807, 2.05) is 7.05 Å². The monoisotopic (exact) mass is 210 g/mol. The predicted octanol–water partition coefficient (Wildman–Crippen LogP) is 1.53. The van der Waals surface area contributed by atoms with Crippen molar-refractivity contribution in [3.05, 3.63) is 5.89 Å². The molecule has 2 rings (SSSR count). The third-order valence-electron chi connectivity index (χ3n) is 3.15. The fourth-order valence-electron chi connectivity index (χ4n) is 1.92. The summed E-state index contributed by atoms with van der Waals surface area (Å²) >= 11 is 0. The van der Waals surface area contributed by atoms with Crippen LogP contribution in [0.15, 0.2) is 4.42 Å². The Morgan fingerprint density at radius 1 is 1.40 bits per heavy atom. The summed E-state index contributed by atoms with van der Waals surface area (Å²) in [5.41, 5.74) is 0.212. The van der Waals surface area contributed by atoms with E-state index < -0.39 is 0 Å². The molecular weight excluding hydrogens is 192 g/mol. The second-order valence-electron chi connectivity index (χ2n) is 4.14. The summed E-state index contributed by atoms with van der Waals surface area (Å²) < 4.78 is 5.46. The van der Waals surface area contributed by atoms with Crippen LogP contribution in [0.5, 0.6) is 0 Å². The number of anilines is 1. The van der Waals surface area contributed by atoms with Crippen molar-refractivity contribution in [1.29, 1.82) is 0 Å². The van der Waals surface area contributed by atoms with Crippen LogP contribution >= 0.6 is 0 Å². The molecule has 2 N–H and O–H groups in total. The second kappa shape index (κ2) is 4.18. The van der Waals surface area contributed by atoms with Crippen LogP contribution in [-0.2, 0) is 6.54 Å². The molecule has 1 heterocycles. The highest BCUT2D eigenvalue weighted by Gasteiger charge is 2.36. The van der Waals surface area contributed by atoms with E-state index in [1.54, 1.807) is 0 Å². The molecule has 0 spiro atoms. The lowest BCUT2D eigenvalue weighted by Crippen LogP contribution is -2.44. The molecule has 0 bridgehead atoms. The molecule has 0 radical (unpaired) electrons. The first-order valence-electron chi connectivity index (χ1n) is 5.53. The molecule has 84 valence electrons. The number of hydrogen-bond donors (Lipinski definition) is 2. The van der Waals surface area contributed by atoms with Crippen molar-refractivity contribution in [2.75, 3.05) is 12.4 Å². The molecule has 1 fully saturated rings. The van der Waals surface area contributed by atoms with Gasteiger partial charge in [-0.2, -0.15) is 0 Å². The van der Waals surface area contributed by atoms with Crippen molar-refractivity contribution < 1.29 is 4.42 Å². The van der Waals surface area contributed by atoms with Gasteiger partial charge < -0.3 is 15.1 Å². The maximum absolute atomic E-state index is 5.46. The van der Waals surface area contributed by atoms with Crippen LogP contribution in [0.25, 0.3) is 0 Å². The van der Waals surface area contributed by atoms with Crippen molar-refractivity contribution in [2.24, 2.45) is 0 Å². The first kappa shape index (κ1) is 10.4. The van der Waals surface area contributed by atoms with E-state index in [0.29, 0.717) is 18.5 Å². The molecule has 1 aromatic rings. The van der Waals surface area contributed by atoms with Gasteiger partial charge in [0.2, 0.25) is 5.89 Å². The lowest BCUT2D eigenvalue weighted by molar-refractivity contribution is 0.262. The molecule has 0 aliphatic heterocycles. The van der Waals surface area contributed by atoms with Gasteiger partial charge >= 0.3 is 6.01 Å². The first-order chi connectivity index (χ1) is 7.28. The summed E-state index contributed by atoms with van der Waals surface area (Å²) in [7, 11) is 1.86. The van der Waals surface area contributed by atoms with Crippen molar-refractivity contribution in [3.63, 3.8) is 0 Å². The van der Waals surface area contributed by atoms with Crippen LogP contribution in [0.3, 0.4) is 0 Å². The van der Waals surface area contributed by atoms with E-state index in [2.05, 4.69) is 27.8 Å². The average Bonchev–Trinajstić information content (AvgIpc) is 2.60. The smallest absolute Gasteiger partial charge is 0.315 e. The molecule has 1 saturated carbocycles. The Hall–Kier alpha value is -1.10. The molecule has 1 aliphatic carbocycles. The summed E-state index contributed by atoms with van der Waals surface area (Å²) in [5.74, 6) is 0.630. The standard InChI is InChI=1S/C10H18N4O/c1-3-10(5-4-6-10)12-9-14-13-8(15-9)7-11-2/h11H,3-7H2,1-2H3,(H,12,14). The van der Waals surface area contributed by atoms with E-state index in [0.717, 1.165) is 6.42 Å². The van der Waals surface area contributed by atoms with Gasteiger partial charge in [-0.25, -0.2) is 0 Å². The van der Waals surface area contributed by atoms with Gasteiger partial charge in [0.1, 0.15) is 0 Å². The lowest BCUT2D eigenvalue weighted by atomic mass is 9.75. The topological polar surface area (TPSA) is 63.0 Å². The van der Waals surface area contributed by atoms with E-state index >= 15 is 0 Å². The lowest BCUT2D eigenvalue weighted by Gasteiger charge is -2.41. The highest BCUT2D eigenvalue weighted by molar-refractivity contribution is 5.26. The van der Waals surface area contributed by atoms with E-state index in [4.69, 9.17) is 4.42 Å². The molecule has 5 heteroatoms. The Labute approximate surface area is 89.6 Å². The quantitative estimate of drug-likeness (QED) is 0.771. The summed E-state index contributed by atoms with van der Waals surface area (Å²) in [6.07, 6.45) is 4.80. The maximum Gasteiger partial charge on any atom is 0.315 e. The van der Waals surface area contributed by atoms with E-state index in [-0.39, 0.29) is 5.54 Å².